The monoisotopic (exact) mass is 251 g/mol. The van der Waals surface area contributed by atoms with E-state index in [4.69, 9.17) is 0 Å². The SMILES string of the molecule is CCSc1ccc(-c2cc(F)cc(F)c2)nc1. The second kappa shape index (κ2) is 5.27. The molecule has 88 valence electrons. The predicted octanol–water partition coefficient (Wildman–Crippen LogP) is 4.14. The lowest BCUT2D eigenvalue weighted by Gasteiger charge is -2.03. The molecular formula is C13H11F2NS. The van der Waals surface area contributed by atoms with Crippen LogP contribution >= 0.6 is 11.8 Å². The van der Waals surface area contributed by atoms with Gasteiger partial charge in [-0.2, -0.15) is 0 Å². The van der Waals surface area contributed by atoms with Gasteiger partial charge in [0.25, 0.3) is 0 Å². The van der Waals surface area contributed by atoms with Gasteiger partial charge in [-0.1, -0.05) is 6.92 Å². The lowest BCUT2D eigenvalue weighted by atomic mass is 10.1. The van der Waals surface area contributed by atoms with Crippen molar-refractivity contribution in [2.24, 2.45) is 0 Å². The first-order valence-corrected chi connectivity index (χ1v) is 6.23. The minimum atomic E-state index is -0.589. The summed E-state index contributed by atoms with van der Waals surface area (Å²) in [4.78, 5) is 5.24. The Hall–Kier alpha value is -1.42. The molecular weight excluding hydrogens is 240 g/mol. The third-order valence-corrected chi connectivity index (χ3v) is 3.07. The second-order valence-electron chi connectivity index (χ2n) is 3.47. The maximum Gasteiger partial charge on any atom is 0.126 e. The van der Waals surface area contributed by atoms with Crippen LogP contribution in [0.25, 0.3) is 11.3 Å². The van der Waals surface area contributed by atoms with Gasteiger partial charge in [0, 0.05) is 22.7 Å². The van der Waals surface area contributed by atoms with Crippen molar-refractivity contribution in [2.45, 2.75) is 11.8 Å². The molecule has 1 aromatic heterocycles. The standard InChI is InChI=1S/C13H11F2NS/c1-2-17-12-3-4-13(16-8-12)9-5-10(14)7-11(15)6-9/h3-8H,2H2,1H3. The summed E-state index contributed by atoms with van der Waals surface area (Å²) in [5.41, 5.74) is 1.03. The number of thioether (sulfide) groups is 1. The number of halogens is 2. The second-order valence-corrected chi connectivity index (χ2v) is 4.81. The Kier molecular flexibility index (Phi) is 3.74. The summed E-state index contributed by atoms with van der Waals surface area (Å²) in [6.45, 7) is 2.06. The van der Waals surface area contributed by atoms with Crippen LogP contribution in [-0.4, -0.2) is 10.7 Å². The van der Waals surface area contributed by atoms with Crippen molar-refractivity contribution >= 4 is 11.8 Å². The van der Waals surface area contributed by atoms with Crippen LogP contribution in [0.2, 0.25) is 0 Å². The molecule has 0 radical (unpaired) electrons. The van der Waals surface area contributed by atoms with E-state index < -0.39 is 11.6 Å². The average Bonchev–Trinajstić information content (AvgIpc) is 2.29. The lowest BCUT2D eigenvalue weighted by molar-refractivity contribution is 0.584. The number of hydrogen-bond acceptors (Lipinski definition) is 2. The summed E-state index contributed by atoms with van der Waals surface area (Å²) in [5.74, 6) is -0.210. The minimum Gasteiger partial charge on any atom is -0.255 e. The molecule has 4 heteroatoms. The van der Waals surface area contributed by atoms with Gasteiger partial charge >= 0.3 is 0 Å². The van der Waals surface area contributed by atoms with E-state index in [1.807, 2.05) is 6.07 Å². The quantitative estimate of drug-likeness (QED) is 0.760. The maximum absolute atomic E-state index is 13.0. The number of benzene rings is 1. The van der Waals surface area contributed by atoms with E-state index >= 15 is 0 Å². The molecule has 0 fully saturated rings. The van der Waals surface area contributed by atoms with Crippen molar-refractivity contribution in [3.63, 3.8) is 0 Å². The summed E-state index contributed by atoms with van der Waals surface area (Å²) in [6, 6.07) is 7.08. The van der Waals surface area contributed by atoms with Gasteiger partial charge in [-0.25, -0.2) is 8.78 Å². The molecule has 17 heavy (non-hydrogen) atoms. The van der Waals surface area contributed by atoms with Gasteiger partial charge in [-0.15, -0.1) is 11.8 Å². The summed E-state index contributed by atoms with van der Waals surface area (Å²) in [7, 11) is 0. The molecule has 0 N–H and O–H groups in total. The lowest BCUT2D eigenvalue weighted by Crippen LogP contribution is -1.87. The fourth-order valence-electron chi connectivity index (χ4n) is 1.50. The van der Waals surface area contributed by atoms with Gasteiger partial charge in [0.2, 0.25) is 0 Å². The van der Waals surface area contributed by atoms with Gasteiger partial charge in [0.15, 0.2) is 0 Å². The smallest absolute Gasteiger partial charge is 0.126 e. The van der Waals surface area contributed by atoms with Crippen LogP contribution in [0.15, 0.2) is 41.4 Å². The topological polar surface area (TPSA) is 12.9 Å². The third-order valence-electron chi connectivity index (χ3n) is 2.21. The first-order valence-electron chi connectivity index (χ1n) is 5.24. The molecule has 0 bridgehead atoms. The molecule has 0 saturated carbocycles. The van der Waals surface area contributed by atoms with E-state index in [0.717, 1.165) is 16.7 Å². The molecule has 0 atom stereocenters. The summed E-state index contributed by atoms with van der Waals surface area (Å²) in [6.07, 6.45) is 1.71. The van der Waals surface area contributed by atoms with E-state index in [0.29, 0.717) is 11.3 Å². The number of aromatic nitrogens is 1. The molecule has 0 unspecified atom stereocenters. The van der Waals surface area contributed by atoms with Crippen molar-refractivity contribution in [3.8, 4) is 11.3 Å². The van der Waals surface area contributed by atoms with Crippen LogP contribution in [0, 0.1) is 11.6 Å². The van der Waals surface area contributed by atoms with E-state index in [2.05, 4.69) is 11.9 Å². The number of hydrogen-bond donors (Lipinski definition) is 0. The minimum absolute atomic E-state index is 0.454. The first kappa shape index (κ1) is 12.0. The summed E-state index contributed by atoms with van der Waals surface area (Å²) < 4.78 is 26.1. The van der Waals surface area contributed by atoms with Crippen molar-refractivity contribution in [2.75, 3.05) is 5.75 Å². The fourth-order valence-corrected chi connectivity index (χ4v) is 2.13. The van der Waals surface area contributed by atoms with Crippen LogP contribution in [0.1, 0.15) is 6.92 Å². The van der Waals surface area contributed by atoms with Crippen molar-refractivity contribution in [1.29, 1.82) is 0 Å². The number of pyridine rings is 1. The third kappa shape index (κ3) is 3.03. The Morgan fingerprint density at radius 1 is 1.12 bits per heavy atom. The Labute approximate surface area is 103 Å². The molecule has 0 amide bonds. The molecule has 0 spiro atoms. The highest BCUT2D eigenvalue weighted by atomic mass is 32.2. The molecule has 1 aromatic carbocycles. The molecule has 0 aliphatic rings. The Morgan fingerprint density at radius 3 is 2.35 bits per heavy atom. The molecule has 1 heterocycles. The summed E-state index contributed by atoms with van der Waals surface area (Å²) >= 11 is 1.67. The van der Waals surface area contributed by atoms with Gasteiger partial charge < -0.3 is 0 Å². The van der Waals surface area contributed by atoms with Crippen LogP contribution in [-0.2, 0) is 0 Å². The Balaban J connectivity index is 2.32. The highest BCUT2D eigenvalue weighted by Crippen LogP contribution is 2.22. The Bertz CT molecular complexity index is 491. The highest BCUT2D eigenvalue weighted by Gasteiger charge is 2.04. The van der Waals surface area contributed by atoms with Crippen molar-refractivity contribution in [3.05, 3.63) is 48.2 Å². The van der Waals surface area contributed by atoms with Crippen molar-refractivity contribution in [1.82, 2.24) is 4.98 Å². The zero-order valence-corrected chi connectivity index (χ0v) is 10.1. The van der Waals surface area contributed by atoms with Gasteiger partial charge in [-0.05, 0) is 30.0 Å². The molecule has 2 rings (SSSR count). The fraction of sp³-hybridized carbons (Fsp3) is 0.154. The molecule has 0 aliphatic heterocycles. The maximum atomic E-state index is 13.0. The van der Waals surface area contributed by atoms with E-state index in [1.165, 1.54) is 12.1 Å². The van der Waals surface area contributed by atoms with E-state index in [9.17, 15) is 8.78 Å². The van der Waals surface area contributed by atoms with Gasteiger partial charge in [-0.3, -0.25) is 4.98 Å². The van der Waals surface area contributed by atoms with E-state index in [-0.39, 0.29) is 0 Å². The predicted molar refractivity (Wildman–Crippen MR) is 66.0 cm³/mol. The van der Waals surface area contributed by atoms with Crippen LogP contribution < -0.4 is 0 Å². The van der Waals surface area contributed by atoms with Crippen LogP contribution in [0.3, 0.4) is 0 Å². The Morgan fingerprint density at radius 2 is 1.82 bits per heavy atom. The largest absolute Gasteiger partial charge is 0.255 e. The summed E-state index contributed by atoms with van der Waals surface area (Å²) in [5, 5.41) is 0. The molecule has 0 saturated heterocycles. The number of rotatable bonds is 3. The number of nitrogens with zero attached hydrogens (tertiary/aromatic N) is 1. The average molecular weight is 251 g/mol. The zero-order chi connectivity index (χ0) is 12.3. The molecule has 0 aliphatic carbocycles. The molecule has 1 nitrogen and oxygen atoms in total. The van der Waals surface area contributed by atoms with Crippen LogP contribution in [0.5, 0.6) is 0 Å². The van der Waals surface area contributed by atoms with E-state index in [1.54, 1.807) is 24.0 Å². The molecule has 2 aromatic rings. The van der Waals surface area contributed by atoms with Crippen LogP contribution in [0.4, 0.5) is 8.78 Å². The van der Waals surface area contributed by atoms with Gasteiger partial charge in [0.05, 0.1) is 5.69 Å². The van der Waals surface area contributed by atoms with Crippen molar-refractivity contribution < 1.29 is 8.78 Å². The zero-order valence-electron chi connectivity index (χ0n) is 9.28. The highest BCUT2D eigenvalue weighted by molar-refractivity contribution is 7.99. The normalized spacial score (nSPS) is 10.5. The first-order chi connectivity index (χ1) is 8.19. The van der Waals surface area contributed by atoms with Gasteiger partial charge in [0.1, 0.15) is 11.6 Å².